The summed E-state index contributed by atoms with van der Waals surface area (Å²) in [7, 11) is 0. The number of rotatable bonds is 0. The molecule has 60 valence electrons. The smallest absolute Gasteiger partial charge is 0.0669 e. The lowest BCUT2D eigenvalue weighted by atomic mass is 9.84. The predicted molar refractivity (Wildman–Crippen MR) is 42.9 cm³/mol. The molecule has 1 unspecified atom stereocenters. The van der Waals surface area contributed by atoms with Crippen LogP contribution in [0.1, 0.15) is 19.3 Å². The second kappa shape index (κ2) is 2.83. The third-order valence-electron chi connectivity index (χ3n) is 2.88. The molecule has 0 radical (unpaired) electrons. The maximum Gasteiger partial charge on any atom is 0.0669 e. The van der Waals surface area contributed by atoms with Crippen molar-refractivity contribution in [1.29, 1.82) is 5.26 Å². The van der Waals surface area contributed by atoms with Gasteiger partial charge in [0, 0.05) is 13.1 Å². The van der Waals surface area contributed by atoms with Crippen LogP contribution in [0.25, 0.3) is 0 Å². The number of nitrogens with zero attached hydrogens (tertiary/aromatic N) is 2. The van der Waals surface area contributed by atoms with Crippen molar-refractivity contribution in [1.82, 2.24) is 4.90 Å². The van der Waals surface area contributed by atoms with E-state index in [0.29, 0.717) is 5.92 Å². The summed E-state index contributed by atoms with van der Waals surface area (Å²) in [5.41, 5.74) is 0. The standard InChI is InChI=1S/C9H14N2/c10-5-9-4-8-2-1-3-11(6-8)7-9/h8-9H,1-4,6-7H2/t8-,9+/m1/s1. The number of fused-ring (bicyclic) bond motifs is 2. The van der Waals surface area contributed by atoms with E-state index in [1.165, 1.54) is 25.9 Å². The molecule has 0 aromatic heterocycles. The second-order valence-electron chi connectivity index (χ2n) is 3.83. The molecule has 2 bridgehead atoms. The zero-order valence-electron chi connectivity index (χ0n) is 6.79. The highest BCUT2D eigenvalue weighted by molar-refractivity contribution is 4.93. The van der Waals surface area contributed by atoms with E-state index < -0.39 is 0 Å². The molecule has 3 atom stereocenters. The average molecular weight is 150 g/mol. The van der Waals surface area contributed by atoms with Crippen molar-refractivity contribution < 1.29 is 0 Å². The molecule has 2 nitrogen and oxygen atoms in total. The largest absolute Gasteiger partial charge is 0.302 e. The van der Waals surface area contributed by atoms with Crippen molar-refractivity contribution in [3.8, 4) is 6.07 Å². The Morgan fingerprint density at radius 3 is 3.00 bits per heavy atom. The van der Waals surface area contributed by atoms with Crippen molar-refractivity contribution in [2.75, 3.05) is 19.6 Å². The highest BCUT2D eigenvalue weighted by Crippen LogP contribution is 2.28. The van der Waals surface area contributed by atoms with Gasteiger partial charge in [-0.05, 0) is 31.7 Å². The minimum atomic E-state index is 0.328. The van der Waals surface area contributed by atoms with Crippen LogP contribution < -0.4 is 0 Å². The van der Waals surface area contributed by atoms with Crippen LogP contribution in [0.4, 0.5) is 0 Å². The van der Waals surface area contributed by atoms with Gasteiger partial charge in [-0.15, -0.1) is 0 Å². The maximum absolute atomic E-state index is 8.77. The fraction of sp³-hybridized carbons (Fsp3) is 0.889. The summed E-state index contributed by atoms with van der Waals surface area (Å²) in [5, 5.41) is 8.77. The molecule has 0 saturated carbocycles. The first-order valence-corrected chi connectivity index (χ1v) is 4.50. The molecule has 2 heteroatoms. The summed E-state index contributed by atoms with van der Waals surface area (Å²) in [4.78, 5) is 2.45. The van der Waals surface area contributed by atoms with Crippen LogP contribution in [-0.4, -0.2) is 24.5 Å². The minimum absolute atomic E-state index is 0.328. The van der Waals surface area contributed by atoms with Gasteiger partial charge in [-0.1, -0.05) is 0 Å². The molecular weight excluding hydrogens is 136 g/mol. The van der Waals surface area contributed by atoms with E-state index in [4.69, 9.17) is 5.26 Å². The Morgan fingerprint density at radius 2 is 2.27 bits per heavy atom. The summed E-state index contributed by atoms with van der Waals surface area (Å²) in [6.45, 7) is 3.53. The zero-order chi connectivity index (χ0) is 7.68. The van der Waals surface area contributed by atoms with E-state index >= 15 is 0 Å². The third kappa shape index (κ3) is 1.39. The Kier molecular flexibility index (Phi) is 1.83. The molecule has 2 saturated heterocycles. The van der Waals surface area contributed by atoms with E-state index in [0.717, 1.165) is 18.9 Å². The van der Waals surface area contributed by atoms with Gasteiger partial charge in [0.05, 0.1) is 12.0 Å². The van der Waals surface area contributed by atoms with E-state index in [2.05, 4.69) is 11.0 Å². The van der Waals surface area contributed by atoms with Gasteiger partial charge in [0.1, 0.15) is 0 Å². The Balaban J connectivity index is 2.01. The first kappa shape index (κ1) is 7.12. The molecule has 2 aliphatic rings. The van der Waals surface area contributed by atoms with Crippen LogP contribution in [0.5, 0.6) is 0 Å². The number of nitriles is 1. The second-order valence-corrected chi connectivity index (χ2v) is 3.83. The van der Waals surface area contributed by atoms with Crippen molar-refractivity contribution >= 4 is 0 Å². The van der Waals surface area contributed by atoms with Crippen LogP contribution in [-0.2, 0) is 0 Å². The molecule has 2 fully saturated rings. The molecule has 0 aromatic rings. The highest BCUT2D eigenvalue weighted by Gasteiger charge is 2.29. The van der Waals surface area contributed by atoms with Crippen LogP contribution >= 0.6 is 0 Å². The summed E-state index contributed by atoms with van der Waals surface area (Å²) >= 11 is 0. The summed E-state index contributed by atoms with van der Waals surface area (Å²) in [5.74, 6) is 1.16. The van der Waals surface area contributed by atoms with E-state index in [1.807, 2.05) is 0 Å². The predicted octanol–water partition coefficient (Wildman–Crippen LogP) is 1.24. The average Bonchev–Trinajstić information content (AvgIpc) is 2.03. The number of piperidine rings is 2. The van der Waals surface area contributed by atoms with Crippen LogP contribution in [0, 0.1) is 23.2 Å². The summed E-state index contributed by atoms with van der Waals surface area (Å²) in [6, 6.07) is 2.39. The van der Waals surface area contributed by atoms with Gasteiger partial charge in [-0.25, -0.2) is 0 Å². The fourth-order valence-electron chi connectivity index (χ4n) is 2.39. The number of hydrogen-bond donors (Lipinski definition) is 0. The van der Waals surface area contributed by atoms with Gasteiger partial charge in [-0.3, -0.25) is 0 Å². The molecule has 2 heterocycles. The van der Waals surface area contributed by atoms with Crippen LogP contribution in [0.15, 0.2) is 0 Å². The van der Waals surface area contributed by atoms with Crippen molar-refractivity contribution in [2.45, 2.75) is 19.3 Å². The normalized spacial score (nSPS) is 43.0. The van der Waals surface area contributed by atoms with Gasteiger partial charge < -0.3 is 4.90 Å². The maximum atomic E-state index is 8.77. The lowest BCUT2D eigenvalue weighted by Gasteiger charge is -2.39. The van der Waals surface area contributed by atoms with Crippen LogP contribution in [0.3, 0.4) is 0 Å². The van der Waals surface area contributed by atoms with Gasteiger partial charge in [0.2, 0.25) is 0 Å². The molecule has 0 N–H and O–H groups in total. The van der Waals surface area contributed by atoms with Gasteiger partial charge in [0.15, 0.2) is 0 Å². The Labute approximate surface area is 67.8 Å². The van der Waals surface area contributed by atoms with Crippen molar-refractivity contribution in [2.24, 2.45) is 11.8 Å². The topological polar surface area (TPSA) is 27.0 Å². The molecule has 2 rings (SSSR count). The van der Waals surface area contributed by atoms with Gasteiger partial charge in [-0.2, -0.15) is 5.26 Å². The number of hydrogen-bond acceptors (Lipinski definition) is 2. The Hall–Kier alpha value is -0.550. The van der Waals surface area contributed by atoms with Gasteiger partial charge in [0.25, 0.3) is 0 Å². The summed E-state index contributed by atoms with van der Waals surface area (Å²) in [6.07, 6.45) is 3.87. The first-order valence-electron chi connectivity index (χ1n) is 4.50. The van der Waals surface area contributed by atoms with E-state index in [1.54, 1.807) is 0 Å². The molecule has 11 heavy (non-hydrogen) atoms. The Morgan fingerprint density at radius 1 is 1.36 bits per heavy atom. The third-order valence-corrected chi connectivity index (χ3v) is 2.88. The monoisotopic (exact) mass is 150 g/mol. The highest BCUT2D eigenvalue weighted by atomic mass is 15.1. The minimum Gasteiger partial charge on any atom is -0.302 e. The molecular formula is C9H14N2. The molecule has 2 aliphatic heterocycles. The zero-order valence-corrected chi connectivity index (χ0v) is 6.79. The van der Waals surface area contributed by atoms with E-state index in [-0.39, 0.29) is 0 Å². The molecule has 0 aromatic carbocycles. The SMILES string of the molecule is N#C[C@@H]1C[C@H]2CCCN(C1)C2. The fourth-order valence-corrected chi connectivity index (χ4v) is 2.39. The van der Waals surface area contributed by atoms with Crippen LogP contribution in [0.2, 0.25) is 0 Å². The summed E-state index contributed by atoms with van der Waals surface area (Å²) < 4.78 is 0. The molecule has 0 spiro atoms. The van der Waals surface area contributed by atoms with Crippen molar-refractivity contribution in [3.05, 3.63) is 0 Å². The quantitative estimate of drug-likeness (QED) is 0.519. The van der Waals surface area contributed by atoms with E-state index in [9.17, 15) is 0 Å². The first-order chi connectivity index (χ1) is 5.38. The lowest BCUT2D eigenvalue weighted by Crippen LogP contribution is -2.43. The van der Waals surface area contributed by atoms with Gasteiger partial charge >= 0.3 is 0 Å². The van der Waals surface area contributed by atoms with Crippen molar-refractivity contribution in [3.63, 3.8) is 0 Å². The lowest BCUT2D eigenvalue weighted by molar-refractivity contribution is 0.101. The Bertz CT molecular complexity index is 170. The molecule has 0 amide bonds. The molecule has 0 aliphatic carbocycles.